The van der Waals surface area contributed by atoms with Gasteiger partial charge in [-0.05, 0) is 77.9 Å². The van der Waals surface area contributed by atoms with Crippen LogP contribution in [0.4, 0.5) is 0 Å². The van der Waals surface area contributed by atoms with Crippen molar-refractivity contribution in [3.8, 4) is 11.5 Å². The smallest absolute Gasteiger partial charge is 0.338 e. The van der Waals surface area contributed by atoms with Crippen LogP contribution in [-0.2, 0) is 20.9 Å². The van der Waals surface area contributed by atoms with Gasteiger partial charge in [-0.25, -0.2) is 10.2 Å². The summed E-state index contributed by atoms with van der Waals surface area (Å²) in [6.45, 7) is 3.66. The molecule has 0 unspecified atom stereocenters. The van der Waals surface area contributed by atoms with E-state index in [1.54, 1.807) is 44.2 Å². The third-order valence-electron chi connectivity index (χ3n) is 6.06. The van der Waals surface area contributed by atoms with Gasteiger partial charge >= 0.3 is 5.97 Å². The first-order valence-corrected chi connectivity index (χ1v) is 15.4. The van der Waals surface area contributed by atoms with Gasteiger partial charge in [-0.1, -0.05) is 57.9 Å². The predicted octanol–water partition coefficient (Wildman–Crippen LogP) is 6.33. The summed E-state index contributed by atoms with van der Waals surface area (Å²) in [7, 11) is 0. The average molecular weight is 751 g/mol. The Hall–Kier alpha value is -3.45. The van der Waals surface area contributed by atoms with Crippen LogP contribution in [0.3, 0.4) is 0 Å². The fourth-order valence-corrected chi connectivity index (χ4v) is 6.07. The number of para-hydroxylation sites is 1. The number of rotatable bonds is 11. The average Bonchev–Trinajstić information content (AvgIpc) is 2.95. The fraction of sp³-hybridized carbons (Fsp3) is 0.200. The molecule has 0 radical (unpaired) electrons. The zero-order valence-electron chi connectivity index (χ0n) is 23.1. The van der Waals surface area contributed by atoms with Crippen LogP contribution in [0.25, 0.3) is 0 Å². The highest BCUT2D eigenvalue weighted by molar-refractivity contribution is 9.11. The molecular weight excluding hydrogens is 724 g/mol. The molecule has 224 valence electrons. The van der Waals surface area contributed by atoms with Crippen LogP contribution in [0.5, 0.6) is 11.5 Å². The number of carbonyl (C=O) groups excluding carboxylic acids is 2. The lowest BCUT2D eigenvalue weighted by Gasteiger charge is -2.30. The summed E-state index contributed by atoms with van der Waals surface area (Å²) in [5, 5.41) is 11.1. The zero-order valence-corrected chi connectivity index (χ0v) is 27.8. The van der Waals surface area contributed by atoms with Crippen LogP contribution in [-0.4, -0.2) is 36.4 Å². The Kier molecular flexibility index (Phi) is 11.6. The van der Waals surface area contributed by atoms with Crippen molar-refractivity contribution in [1.29, 1.82) is 0 Å². The number of allylic oxidation sites excluding steroid dienone is 1. The molecule has 0 saturated carbocycles. The molecule has 0 bridgehead atoms. The predicted molar refractivity (Wildman–Crippen MR) is 176 cm³/mol. The molecule has 0 aliphatic carbocycles. The summed E-state index contributed by atoms with van der Waals surface area (Å²) in [6.07, 6.45) is 1.48. The summed E-state index contributed by atoms with van der Waals surface area (Å²) >= 11 is 18.4. The molecule has 1 aliphatic rings. The molecule has 3 aromatic rings. The van der Waals surface area contributed by atoms with Gasteiger partial charge in [0.15, 0.2) is 11.7 Å². The Morgan fingerprint density at radius 2 is 1.91 bits per heavy atom. The highest BCUT2D eigenvalue weighted by atomic mass is 79.9. The molecule has 0 saturated heterocycles. The number of hydrogen-bond donors (Lipinski definition) is 3. The van der Waals surface area contributed by atoms with Crippen molar-refractivity contribution in [3.63, 3.8) is 0 Å². The zero-order chi connectivity index (χ0) is 30.9. The Balaban J connectivity index is 1.44. The largest absolute Gasteiger partial charge is 0.487 e. The lowest BCUT2D eigenvalue weighted by atomic mass is 9.95. The minimum Gasteiger partial charge on any atom is -0.487 e. The van der Waals surface area contributed by atoms with E-state index in [0.29, 0.717) is 48.5 Å². The number of ether oxygens (including phenoxy) is 3. The molecule has 4 rings (SSSR count). The number of carbonyl (C=O) groups is 2. The maximum absolute atomic E-state index is 12.8. The van der Waals surface area contributed by atoms with E-state index in [0.717, 1.165) is 10.0 Å². The molecule has 1 aliphatic heterocycles. The molecule has 1 atom stereocenters. The second-order valence-corrected chi connectivity index (χ2v) is 11.7. The van der Waals surface area contributed by atoms with Crippen molar-refractivity contribution in [2.45, 2.75) is 26.5 Å². The van der Waals surface area contributed by atoms with Crippen molar-refractivity contribution >= 4 is 78.9 Å². The topological polar surface area (TPSA) is 110 Å². The number of hydrogen-bond acceptors (Lipinski definition) is 7. The van der Waals surface area contributed by atoms with Gasteiger partial charge in [0.2, 0.25) is 0 Å². The van der Waals surface area contributed by atoms with Gasteiger partial charge in [-0.3, -0.25) is 4.79 Å². The highest BCUT2D eigenvalue weighted by Crippen LogP contribution is 2.34. The van der Waals surface area contributed by atoms with Gasteiger partial charge in [0.25, 0.3) is 5.91 Å². The number of nitrogens with one attached hydrogen (secondary N) is 3. The monoisotopic (exact) mass is 748 g/mol. The van der Waals surface area contributed by atoms with Gasteiger partial charge in [0.05, 0.1) is 28.9 Å². The Labute approximate surface area is 276 Å². The molecule has 0 spiro atoms. The Bertz CT molecular complexity index is 1600. The standard InChI is InChI=1S/C30H27Br2ClN4O5S/c1-3-40-29(39)26-17(2)35-30(43)36-27(26)22-9-4-5-10-24(22)41-16-25(38)37-34-14-19-12-20(31)13-23(32)28(19)42-15-18-7-6-8-21(33)11-18/h4-14,27H,3,15-16H2,1-2H3,(H,37,38)(H2,35,36,43)/t27-/m1/s1. The molecule has 3 N–H and O–H groups in total. The number of thiocarbonyl (C=S) groups is 1. The van der Waals surface area contributed by atoms with Crippen LogP contribution >= 0.6 is 55.7 Å². The maximum Gasteiger partial charge on any atom is 0.338 e. The number of amides is 1. The molecule has 9 nitrogen and oxygen atoms in total. The van der Waals surface area contributed by atoms with E-state index in [2.05, 4.69) is 53.0 Å². The van der Waals surface area contributed by atoms with Gasteiger partial charge in [0.1, 0.15) is 18.1 Å². The summed E-state index contributed by atoms with van der Waals surface area (Å²) in [6, 6.07) is 17.5. The number of halogens is 3. The van der Waals surface area contributed by atoms with Crippen LogP contribution < -0.4 is 25.5 Å². The molecule has 1 heterocycles. The normalized spacial score (nSPS) is 14.6. The Morgan fingerprint density at radius 1 is 1.12 bits per heavy atom. The third kappa shape index (κ3) is 8.79. The Morgan fingerprint density at radius 3 is 2.67 bits per heavy atom. The molecule has 3 aromatic carbocycles. The number of hydrazone groups is 1. The van der Waals surface area contributed by atoms with E-state index in [9.17, 15) is 9.59 Å². The van der Waals surface area contributed by atoms with Crippen molar-refractivity contribution in [2.24, 2.45) is 5.10 Å². The molecule has 0 aromatic heterocycles. The second-order valence-electron chi connectivity index (χ2n) is 9.13. The fourth-order valence-electron chi connectivity index (χ4n) is 4.22. The van der Waals surface area contributed by atoms with E-state index < -0.39 is 17.9 Å². The first-order chi connectivity index (χ1) is 20.7. The molecule has 0 fully saturated rings. The third-order valence-corrected chi connectivity index (χ3v) is 7.56. The van der Waals surface area contributed by atoms with Crippen molar-refractivity contribution in [1.82, 2.24) is 16.1 Å². The molecule has 1 amide bonds. The molecule has 43 heavy (non-hydrogen) atoms. The lowest BCUT2D eigenvalue weighted by Crippen LogP contribution is -2.45. The summed E-state index contributed by atoms with van der Waals surface area (Å²) in [5.74, 6) is -0.0392. The maximum atomic E-state index is 12.8. The van der Waals surface area contributed by atoms with E-state index in [-0.39, 0.29) is 19.8 Å². The van der Waals surface area contributed by atoms with E-state index >= 15 is 0 Å². The van der Waals surface area contributed by atoms with Gasteiger partial charge in [0, 0.05) is 26.3 Å². The molecule has 13 heteroatoms. The van der Waals surface area contributed by atoms with E-state index in [1.165, 1.54) is 6.21 Å². The first kappa shape index (κ1) is 32.5. The van der Waals surface area contributed by atoms with Crippen molar-refractivity contribution < 1.29 is 23.8 Å². The highest BCUT2D eigenvalue weighted by Gasteiger charge is 2.32. The minimum atomic E-state index is -0.634. The quantitative estimate of drug-likeness (QED) is 0.0904. The number of esters is 1. The molecular formula is C30H27Br2ClN4O5S. The lowest BCUT2D eigenvalue weighted by molar-refractivity contribution is -0.139. The first-order valence-electron chi connectivity index (χ1n) is 13.0. The van der Waals surface area contributed by atoms with Gasteiger partial charge in [-0.15, -0.1) is 0 Å². The van der Waals surface area contributed by atoms with Gasteiger partial charge in [-0.2, -0.15) is 5.10 Å². The van der Waals surface area contributed by atoms with Crippen LogP contribution in [0, 0.1) is 0 Å². The summed E-state index contributed by atoms with van der Waals surface area (Å²) in [4.78, 5) is 25.4. The van der Waals surface area contributed by atoms with E-state index in [4.69, 9.17) is 38.0 Å². The van der Waals surface area contributed by atoms with Crippen molar-refractivity contribution in [3.05, 3.63) is 103 Å². The van der Waals surface area contributed by atoms with Crippen LogP contribution in [0.1, 0.15) is 36.6 Å². The second kappa shape index (κ2) is 15.3. The number of benzene rings is 3. The van der Waals surface area contributed by atoms with Crippen LogP contribution in [0.15, 0.2) is 86.0 Å². The van der Waals surface area contributed by atoms with E-state index in [1.807, 2.05) is 30.3 Å². The van der Waals surface area contributed by atoms with Crippen LogP contribution in [0.2, 0.25) is 5.02 Å². The summed E-state index contributed by atoms with van der Waals surface area (Å²) in [5.41, 5.74) is 5.56. The van der Waals surface area contributed by atoms with Gasteiger partial charge < -0.3 is 24.8 Å². The number of nitrogens with zero attached hydrogens (tertiary/aromatic N) is 1. The van der Waals surface area contributed by atoms with Crippen molar-refractivity contribution in [2.75, 3.05) is 13.2 Å². The SMILES string of the molecule is CCOC(=O)C1=C(C)NC(=S)N[C@@H]1c1ccccc1OCC(=O)NN=Cc1cc(Br)cc(Br)c1OCc1cccc(Cl)c1. The minimum absolute atomic E-state index is 0.220. The summed E-state index contributed by atoms with van der Waals surface area (Å²) < 4.78 is 18.7.